The molecule has 0 atom stereocenters. The Labute approximate surface area is 154 Å². The molecule has 0 radical (unpaired) electrons. The van der Waals surface area contributed by atoms with Crippen LogP contribution in [-0.2, 0) is 0 Å². The first-order valence-electron chi connectivity index (χ1n) is 8.70. The van der Waals surface area contributed by atoms with Crippen molar-refractivity contribution in [3.8, 4) is 22.9 Å². The highest BCUT2D eigenvalue weighted by Crippen LogP contribution is 2.26. The second kappa shape index (κ2) is 9.25. The minimum absolute atomic E-state index is 0. The molecule has 3 aromatic rings. The summed E-state index contributed by atoms with van der Waals surface area (Å²) in [7, 11) is 0. The third-order valence-corrected chi connectivity index (χ3v) is 4.75. The summed E-state index contributed by atoms with van der Waals surface area (Å²) >= 11 is 0. The van der Waals surface area contributed by atoms with E-state index >= 15 is 0 Å². The van der Waals surface area contributed by atoms with E-state index < -0.39 is 0 Å². The monoisotopic (exact) mass is 381 g/mol. The van der Waals surface area contributed by atoms with Gasteiger partial charge in [-0.05, 0) is 37.0 Å². The fourth-order valence-corrected chi connectivity index (χ4v) is 3.39. The molecule has 1 saturated carbocycles. The number of aromatic nitrogens is 3. The van der Waals surface area contributed by atoms with E-state index in [0.29, 0.717) is 24.1 Å². The number of hydrogen-bond donors (Lipinski definition) is 0. The zero-order valence-corrected chi connectivity index (χ0v) is 14.7. The second-order valence-electron chi connectivity index (χ2n) is 6.51. The zero-order valence-electron chi connectivity index (χ0n) is 14.7. The number of benzene rings is 1. The van der Waals surface area contributed by atoms with Crippen LogP contribution in [0.2, 0.25) is 0 Å². The molecule has 0 N–H and O–H groups in total. The van der Waals surface area contributed by atoms with Gasteiger partial charge in [-0.3, -0.25) is 14.4 Å². The molecule has 4 rings (SSSR count). The zero-order chi connectivity index (χ0) is 17.1. The lowest BCUT2D eigenvalue weighted by atomic mass is 9.90. The smallest absolute Gasteiger partial charge is 0.231 e. The number of halogens is 3. The van der Waals surface area contributed by atoms with Gasteiger partial charge in [-0.2, -0.15) is 0 Å². The van der Waals surface area contributed by atoms with Gasteiger partial charge in [0.1, 0.15) is 0 Å². The summed E-state index contributed by atoms with van der Waals surface area (Å²) in [5.74, 6) is 1.35. The first kappa shape index (κ1) is 20.5. The molecule has 27 heavy (non-hydrogen) atoms. The highest BCUT2D eigenvalue weighted by molar-refractivity contribution is 5.64. The SMILES string of the molecule is F.F.FOc1cccc(-c2cnc3ccc(OCC4CCCCC4)nn23)c1. The van der Waals surface area contributed by atoms with E-state index in [1.807, 2.05) is 18.2 Å². The third-order valence-electron chi connectivity index (χ3n) is 4.75. The number of imidazole rings is 1. The number of hydrogen-bond acceptors (Lipinski definition) is 4. The van der Waals surface area contributed by atoms with E-state index in [1.54, 1.807) is 28.9 Å². The number of fused-ring (bicyclic) bond motifs is 1. The Morgan fingerprint density at radius 2 is 1.89 bits per heavy atom. The van der Waals surface area contributed by atoms with E-state index in [9.17, 15) is 4.53 Å². The average Bonchev–Trinajstić information content (AvgIpc) is 3.10. The van der Waals surface area contributed by atoms with Crippen LogP contribution in [0.4, 0.5) is 13.9 Å². The van der Waals surface area contributed by atoms with Gasteiger partial charge in [0.2, 0.25) is 5.88 Å². The van der Waals surface area contributed by atoms with Gasteiger partial charge in [-0.15, -0.1) is 5.10 Å². The Bertz CT molecular complexity index is 866. The van der Waals surface area contributed by atoms with Crippen LogP contribution in [0.15, 0.2) is 42.6 Å². The maximum Gasteiger partial charge on any atom is 0.231 e. The van der Waals surface area contributed by atoms with Crippen LogP contribution in [0, 0.1) is 5.92 Å². The molecule has 0 amide bonds. The molecule has 0 spiro atoms. The Kier molecular flexibility index (Phi) is 7.04. The van der Waals surface area contributed by atoms with Crippen LogP contribution >= 0.6 is 0 Å². The summed E-state index contributed by atoms with van der Waals surface area (Å²) in [5, 5.41) is 4.55. The van der Waals surface area contributed by atoms with Gasteiger partial charge >= 0.3 is 0 Å². The Morgan fingerprint density at radius 1 is 1.07 bits per heavy atom. The Morgan fingerprint density at radius 3 is 2.67 bits per heavy atom. The van der Waals surface area contributed by atoms with Gasteiger partial charge in [0.25, 0.3) is 0 Å². The number of rotatable bonds is 5. The van der Waals surface area contributed by atoms with Crippen LogP contribution in [0.3, 0.4) is 0 Å². The highest BCUT2D eigenvalue weighted by atomic mass is 19.3. The number of nitrogens with zero attached hydrogens (tertiary/aromatic N) is 3. The largest absolute Gasteiger partial charge is 0.476 e. The Balaban J connectivity index is 0.00000131. The quantitative estimate of drug-likeness (QED) is 0.629. The summed E-state index contributed by atoms with van der Waals surface area (Å²) in [6.45, 7) is 0.702. The second-order valence-corrected chi connectivity index (χ2v) is 6.51. The fraction of sp³-hybridized carbons (Fsp3) is 0.368. The molecule has 0 saturated heterocycles. The predicted molar refractivity (Wildman–Crippen MR) is 97.2 cm³/mol. The lowest BCUT2D eigenvalue weighted by Gasteiger charge is -2.21. The minimum atomic E-state index is 0. The van der Waals surface area contributed by atoms with Gasteiger partial charge in [-0.1, -0.05) is 31.4 Å². The summed E-state index contributed by atoms with van der Waals surface area (Å²) in [4.78, 5) is 8.17. The van der Waals surface area contributed by atoms with Gasteiger partial charge < -0.3 is 4.74 Å². The molecular weight excluding hydrogens is 359 g/mol. The maximum absolute atomic E-state index is 12.4. The molecule has 8 heteroatoms. The van der Waals surface area contributed by atoms with Crippen molar-refractivity contribution >= 4 is 5.65 Å². The van der Waals surface area contributed by atoms with Gasteiger partial charge in [-0.25, -0.2) is 9.50 Å². The van der Waals surface area contributed by atoms with Crippen LogP contribution in [-0.4, -0.2) is 21.2 Å². The predicted octanol–water partition coefficient (Wildman–Crippen LogP) is 4.92. The van der Waals surface area contributed by atoms with Crippen molar-refractivity contribution in [2.45, 2.75) is 32.1 Å². The highest BCUT2D eigenvalue weighted by Gasteiger charge is 2.15. The van der Waals surface area contributed by atoms with E-state index in [-0.39, 0.29) is 15.2 Å². The molecule has 146 valence electrons. The first-order valence-corrected chi connectivity index (χ1v) is 8.70. The summed E-state index contributed by atoms with van der Waals surface area (Å²) in [6, 6.07) is 10.5. The van der Waals surface area contributed by atoms with E-state index in [1.165, 1.54) is 32.1 Å². The van der Waals surface area contributed by atoms with Crippen molar-refractivity contribution in [1.82, 2.24) is 14.6 Å². The molecule has 0 bridgehead atoms. The molecule has 1 aromatic carbocycles. The standard InChI is InChI=1S/C19H20FN3O2.2FH/c20-25-16-8-4-7-15(11-16)17-12-21-18-9-10-19(22-23(17)18)24-13-14-5-2-1-3-6-14;;/h4,7-12,14H,1-3,5-6,13H2;2*1H. The fourth-order valence-electron chi connectivity index (χ4n) is 3.39. The maximum atomic E-state index is 12.4. The Hall–Kier alpha value is -2.77. The van der Waals surface area contributed by atoms with Crippen LogP contribution in [0.1, 0.15) is 32.1 Å². The van der Waals surface area contributed by atoms with Crippen LogP contribution in [0.5, 0.6) is 11.6 Å². The van der Waals surface area contributed by atoms with Crippen molar-refractivity contribution in [2.75, 3.05) is 6.61 Å². The third kappa shape index (κ3) is 4.50. The molecule has 0 unspecified atom stereocenters. The van der Waals surface area contributed by atoms with E-state index in [2.05, 4.69) is 15.0 Å². The van der Waals surface area contributed by atoms with Crippen molar-refractivity contribution in [3.63, 3.8) is 0 Å². The summed E-state index contributed by atoms with van der Waals surface area (Å²) in [6.07, 6.45) is 8.09. The summed E-state index contributed by atoms with van der Waals surface area (Å²) < 4.78 is 20.1. The molecule has 0 aliphatic heterocycles. The normalized spacial score (nSPS) is 14.3. The lowest BCUT2D eigenvalue weighted by Crippen LogP contribution is -2.16. The van der Waals surface area contributed by atoms with Crippen molar-refractivity contribution in [1.29, 1.82) is 0 Å². The van der Waals surface area contributed by atoms with Crippen LogP contribution < -0.4 is 9.68 Å². The molecule has 1 fully saturated rings. The molecule has 1 aliphatic rings. The average molecular weight is 381 g/mol. The van der Waals surface area contributed by atoms with E-state index in [0.717, 1.165) is 11.3 Å². The van der Waals surface area contributed by atoms with Gasteiger partial charge in [0.05, 0.1) is 18.5 Å². The first-order chi connectivity index (χ1) is 12.3. The van der Waals surface area contributed by atoms with Crippen molar-refractivity contribution < 1.29 is 23.6 Å². The van der Waals surface area contributed by atoms with Crippen molar-refractivity contribution in [3.05, 3.63) is 42.6 Å². The van der Waals surface area contributed by atoms with Gasteiger partial charge in [0, 0.05) is 16.2 Å². The molecule has 2 heterocycles. The lowest BCUT2D eigenvalue weighted by molar-refractivity contribution is -0.00614. The van der Waals surface area contributed by atoms with Crippen LogP contribution in [0.25, 0.3) is 16.9 Å². The minimum Gasteiger partial charge on any atom is -0.476 e. The topological polar surface area (TPSA) is 48.7 Å². The van der Waals surface area contributed by atoms with Crippen molar-refractivity contribution in [2.24, 2.45) is 5.92 Å². The molecule has 1 aliphatic carbocycles. The summed E-state index contributed by atoms with van der Waals surface area (Å²) in [5.41, 5.74) is 2.25. The van der Waals surface area contributed by atoms with Gasteiger partial charge in [0.15, 0.2) is 11.4 Å². The van der Waals surface area contributed by atoms with E-state index in [4.69, 9.17) is 4.74 Å². The molecule has 5 nitrogen and oxygen atoms in total. The molecular formula is C19H22F3N3O2. The molecule has 2 aromatic heterocycles. The number of ether oxygens (including phenoxy) is 1.